The summed E-state index contributed by atoms with van der Waals surface area (Å²) in [6.07, 6.45) is -4.51. The van der Waals surface area contributed by atoms with Gasteiger partial charge in [-0.1, -0.05) is 35.9 Å². The second-order valence-corrected chi connectivity index (χ2v) is 9.41. The predicted octanol–water partition coefficient (Wildman–Crippen LogP) is 4.29. The molecule has 12 heteroatoms. The zero-order chi connectivity index (χ0) is 26.9. The van der Waals surface area contributed by atoms with Gasteiger partial charge < -0.3 is 15.0 Å². The maximum absolute atomic E-state index is 13.4. The molecule has 0 fully saturated rings. The van der Waals surface area contributed by atoms with Gasteiger partial charge in [0.25, 0.3) is 11.5 Å². The zero-order valence-corrected chi connectivity index (χ0v) is 20.6. The summed E-state index contributed by atoms with van der Waals surface area (Å²) in [6, 6.07) is 11.5. The van der Waals surface area contributed by atoms with Crippen molar-refractivity contribution in [2.75, 3.05) is 6.54 Å². The third-order valence-corrected chi connectivity index (χ3v) is 6.31. The monoisotopic (exact) mass is 553 g/mol. The highest BCUT2D eigenvalue weighted by atomic mass is 35.5. The molecule has 2 heterocycles. The second-order valence-electron chi connectivity index (χ2n) is 8.55. The van der Waals surface area contributed by atoms with Gasteiger partial charge in [0.15, 0.2) is 0 Å². The van der Waals surface area contributed by atoms with Gasteiger partial charge in [0.2, 0.25) is 5.24 Å². The first-order chi connectivity index (χ1) is 17.4. The minimum atomic E-state index is -4.51. The SMILES string of the molecule is O=C(Cl)CNC(=O)c1c(O)c2c(n(Cc3ccc(C(F)(F)F)cc3)c1=O)CN(Cc1cccc(Cl)c1)C2. The van der Waals surface area contributed by atoms with Gasteiger partial charge in [-0.25, -0.2) is 0 Å². The van der Waals surface area contributed by atoms with E-state index in [0.29, 0.717) is 28.4 Å². The van der Waals surface area contributed by atoms with Crippen LogP contribution in [0.3, 0.4) is 0 Å². The molecule has 4 rings (SSSR count). The van der Waals surface area contributed by atoms with E-state index >= 15 is 0 Å². The molecule has 1 aliphatic heterocycles. The van der Waals surface area contributed by atoms with Crippen LogP contribution in [0.2, 0.25) is 5.02 Å². The number of carbonyl (C=O) groups is 2. The number of fused-ring (bicyclic) bond motifs is 1. The molecule has 1 aromatic heterocycles. The lowest BCUT2D eigenvalue weighted by molar-refractivity contribution is -0.137. The minimum Gasteiger partial charge on any atom is -0.506 e. The van der Waals surface area contributed by atoms with Gasteiger partial charge in [0.1, 0.15) is 11.3 Å². The number of alkyl halides is 3. The standard InChI is InChI=1S/C25H20Cl2F3N3O4/c26-17-3-1-2-15(8-17)10-32-12-18-19(13-32)33(11-14-4-6-16(7-5-14)25(28,29)30)24(37)21(22(18)35)23(36)31-9-20(27)34/h1-8,35H,9-13H2,(H,31,36). The number of halogens is 5. The quantitative estimate of drug-likeness (QED) is 0.426. The smallest absolute Gasteiger partial charge is 0.416 e. The number of rotatable bonds is 7. The van der Waals surface area contributed by atoms with Crippen molar-refractivity contribution in [2.45, 2.75) is 32.4 Å². The van der Waals surface area contributed by atoms with E-state index in [1.165, 1.54) is 16.7 Å². The number of carbonyl (C=O) groups excluding carboxylic acids is 2. The lowest BCUT2D eigenvalue weighted by Gasteiger charge is -2.17. The summed E-state index contributed by atoms with van der Waals surface area (Å²) in [5.74, 6) is -1.51. The largest absolute Gasteiger partial charge is 0.506 e. The van der Waals surface area contributed by atoms with Crippen LogP contribution in [0.25, 0.3) is 0 Å². The Kier molecular flexibility index (Phi) is 7.63. The van der Waals surface area contributed by atoms with Crippen LogP contribution in [-0.2, 0) is 37.1 Å². The molecular formula is C25H20Cl2F3N3O4. The van der Waals surface area contributed by atoms with Crippen LogP contribution >= 0.6 is 23.2 Å². The Balaban J connectivity index is 1.73. The van der Waals surface area contributed by atoms with Gasteiger partial charge in [-0.05, 0) is 47.0 Å². The van der Waals surface area contributed by atoms with Crippen molar-refractivity contribution in [3.05, 3.63) is 97.4 Å². The summed E-state index contributed by atoms with van der Waals surface area (Å²) in [5, 5.41) is 12.8. The summed E-state index contributed by atoms with van der Waals surface area (Å²) >= 11 is 11.4. The van der Waals surface area contributed by atoms with Gasteiger partial charge in [-0.3, -0.25) is 19.3 Å². The first-order valence-electron chi connectivity index (χ1n) is 11.0. The molecule has 7 nitrogen and oxygen atoms in total. The number of hydrogen-bond acceptors (Lipinski definition) is 5. The van der Waals surface area contributed by atoms with Crippen molar-refractivity contribution in [2.24, 2.45) is 0 Å². The molecule has 2 N–H and O–H groups in total. The summed E-state index contributed by atoms with van der Waals surface area (Å²) in [5.41, 5.74) is -0.231. The van der Waals surface area contributed by atoms with Gasteiger partial charge in [-0.15, -0.1) is 0 Å². The fraction of sp³-hybridized carbons (Fsp3) is 0.240. The molecule has 0 aliphatic carbocycles. The molecule has 2 aromatic carbocycles. The molecule has 194 valence electrons. The third kappa shape index (κ3) is 5.98. The molecule has 0 radical (unpaired) electrons. The summed E-state index contributed by atoms with van der Waals surface area (Å²) < 4.78 is 40.2. The van der Waals surface area contributed by atoms with Crippen molar-refractivity contribution in [3.8, 4) is 5.75 Å². The number of aromatic hydroxyl groups is 1. The number of benzene rings is 2. The average Bonchev–Trinajstić information content (AvgIpc) is 3.24. The van der Waals surface area contributed by atoms with E-state index in [1.807, 2.05) is 11.0 Å². The Morgan fingerprint density at radius 1 is 1.03 bits per heavy atom. The highest BCUT2D eigenvalue weighted by molar-refractivity contribution is 6.64. The first-order valence-corrected chi connectivity index (χ1v) is 11.8. The van der Waals surface area contributed by atoms with Gasteiger partial charge in [0, 0.05) is 35.9 Å². The van der Waals surface area contributed by atoms with Crippen LogP contribution in [0.5, 0.6) is 5.75 Å². The van der Waals surface area contributed by atoms with Crippen LogP contribution in [0.1, 0.15) is 38.3 Å². The number of hydrogen-bond donors (Lipinski definition) is 2. The molecule has 0 saturated heterocycles. The number of nitrogens with zero attached hydrogens (tertiary/aromatic N) is 2. The minimum absolute atomic E-state index is 0.140. The van der Waals surface area contributed by atoms with Crippen LogP contribution in [0.4, 0.5) is 13.2 Å². The molecule has 1 aliphatic rings. The molecule has 0 atom stereocenters. The topological polar surface area (TPSA) is 91.6 Å². The normalized spacial score (nSPS) is 13.4. The second kappa shape index (κ2) is 10.6. The highest BCUT2D eigenvalue weighted by Crippen LogP contribution is 2.33. The summed E-state index contributed by atoms with van der Waals surface area (Å²) in [7, 11) is 0. The lowest BCUT2D eigenvalue weighted by atomic mass is 10.1. The third-order valence-electron chi connectivity index (χ3n) is 5.94. The molecule has 37 heavy (non-hydrogen) atoms. The fourth-order valence-corrected chi connectivity index (χ4v) is 4.52. The van der Waals surface area contributed by atoms with Crippen molar-refractivity contribution in [1.82, 2.24) is 14.8 Å². The molecule has 3 aromatic rings. The molecule has 1 amide bonds. The maximum atomic E-state index is 13.4. The molecule has 0 spiro atoms. The molecule has 0 saturated carbocycles. The van der Waals surface area contributed by atoms with Gasteiger partial charge >= 0.3 is 6.18 Å². The average molecular weight is 554 g/mol. The predicted molar refractivity (Wildman–Crippen MR) is 131 cm³/mol. The zero-order valence-electron chi connectivity index (χ0n) is 19.1. The van der Waals surface area contributed by atoms with Crippen molar-refractivity contribution in [3.63, 3.8) is 0 Å². The summed E-state index contributed by atoms with van der Waals surface area (Å²) in [6.45, 7) is 0.143. The van der Waals surface area contributed by atoms with E-state index in [1.54, 1.807) is 18.2 Å². The van der Waals surface area contributed by atoms with E-state index < -0.39 is 46.3 Å². The van der Waals surface area contributed by atoms with Crippen LogP contribution in [0.15, 0.2) is 53.3 Å². The number of nitrogens with one attached hydrogen (secondary N) is 1. The lowest BCUT2D eigenvalue weighted by Crippen LogP contribution is -2.36. The Bertz CT molecular complexity index is 1420. The number of amides is 1. The van der Waals surface area contributed by atoms with Crippen LogP contribution < -0.4 is 10.9 Å². The molecule has 0 bridgehead atoms. The Morgan fingerprint density at radius 3 is 2.35 bits per heavy atom. The van der Waals surface area contributed by atoms with Gasteiger partial charge in [-0.2, -0.15) is 13.2 Å². The summed E-state index contributed by atoms with van der Waals surface area (Å²) in [4.78, 5) is 39.1. The molecule has 0 unspecified atom stereocenters. The van der Waals surface area contributed by atoms with E-state index in [-0.39, 0.29) is 19.6 Å². The van der Waals surface area contributed by atoms with E-state index in [4.69, 9.17) is 23.2 Å². The first kappa shape index (κ1) is 26.7. The number of aromatic nitrogens is 1. The fourth-order valence-electron chi connectivity index (χ4n) is 4.24. The van der Waals surface area contributed by atoms with E-state index in [2.05, 4.69) is 5.32 Å². The van der Waals surface area contributed by atoms with Crippen LogP contribution in [-0.4, -0.2) is 32.3 Å². The highest BCUT2D eigenvalue weighted by Gasteiger charge is 2.32. The van der Waals surface area contributed by atoms with Crippen molar-refractivity contribution >= 4 is 34.4 Å². The van der Waals surface area contributed by atoms with E-state index in [9.17, 15) is 32.7 Å². The van der Waals surface area contributed by atoms with Gasteiger partial charge in [0.05, 0.1) is 18.7 Å². The number of pyridine rings is 1. The Labute approximate surface area is 219 Å². The van der Waals surface area contributed by atoms with Crippen LogP contribution in [0, 0.1) is 0 Å². The van der Waals surface area contributed by atoms with Crippen molar-refractivity contribution in [1.29, 1.82) is 0 Å². The maximum Gasteiger partial charge on any atom is 0.416 e. The Hall–Kier alpha value is -3.34. The molecular weight excluding hydrogens is 534 g/mol. The van der Waals surface area contributed by atoms with E-state index in [0.717, 1.165) is 17.7 Å². The Morgan fingerprint density at radius 2 is 1.73 bits per heavy atom. The van der Waals surface area contributed by atoms with Crippen molar-refractivity contribution < 1.29 is 27.9 Å².